The SMILES string of the molecule is Cc1cccc(OCCCN2CCNC(=O)C2)c1. The number of nitrogens with zero attached hydrogens (tertiary/aromatic N) is 1. The van der Waals surface area contributed by atoms with Crippen molar-refractivity contribution in [3.8, 4) is 5.75 Å². The normalized spacial score (nSPS) is 16.4. The molecule has 4 heteroatoms. The summed E-state index contributed by atoms with van der Waals surface area (Å²) in [5.41, 5.74) is 1.21. The summed E-state index contributed by atoms with van der Waals surface area (Å²) in [6, 6.07) is 8.06. The molecule has 18 heavy (non-hydrogen) atoms. The fourth-order valence-electron chi connectivity index (χ4n) is 2.07. The molecule has 0 spiro atoms. The van der Waals surface area contributed by atoms with Gasteiger partial charge in [0.15, 0.2) is 0 Å². The zero-order valence-corrected chi connectivity index (χ0v) is 10.8. The standard InChI is InChI=1S/C14H20N2O2/c1-12-4-2-5-13(10-12)18-9-3-7-16-8-6-15-14(17)11-16/h2,4-5,10H,3,6-9,11H2,1H3,(H,15,17). The number of benzene rings is 1. The van der Waals surface area contributed by atoms with Crippen molar-refractivity contribution in [1.82, 2.24) is 10.2 Å². The molecule has 0 atom stereocenters. The summed E-state index contributed by atoms with van der Waals surface area (Å²) in [5.74, 6) is 1.05. The van der Waals surface area contributed by atoms with Gasteiger partial charge in [-0.2, -0.15) is 0 Å². The molecule has 1 amide bonds. The van der Waals surface area contributed by atoms with E-state index in [0.717, 1.165) is 31.8 Å². The van der Waals surface area contributed by atoms with E-state index in [4.69, 9.17) is 4.74 Å². The number of hydrogen-bond donors (Lipinski definition) is 1. The molecular weight excluding hydrogens is 228 g/mol. The lowest BCUT2D eigenvalue weighted by Gasteiger charge is -2.26. The Morgan fingerprint density at radius 3 is 3.11 bits per heavy atom. The number of carbonyl (C=O) groups excluding carboxylic acids is 1. The van der Waals surface area contributed by atoms with Crippen LogP contribution < -0.4 is 10.1 Å². The summed E-state index contributed by atoms with van der Waals surface area (Å²) in [6.45, 7) is 5.89. The zero-order valence-electron chi connectivity index (χ0n) is 10.8. The van der Waals surface area contributed by atoms with Crippen LogP contribution >= 0.6 is 0 Å². The van der Waals surface area contributed by atoms with E-state index < -0.39 is 0 Å². The third-order valence-electron chi connectivity index (χ3n) is 2.99. The van der Waals surface area contributed by atoms with Gasteiger partial charge in [-0.05, 0) is 31.0 Å². The van der Waals surface area contributed by atoms with Crippen molar-refractivity contribution in [2.75, 3.05) is 32.8 Å². The van der Waals surface area contributed by atoms with Crippen LogP contribution in [0.4, 0.5) is 0 Å². The van der Waals surface area contributed by atoms with E-state index in [1.54, 1.807) is 0 Å². The Hall–Kier alpha value is -1.55. The predicted octanol–water partition coefficient (Wildman–Crippen LogP) is 1.20. The van der Waals surface area contributed by atoms with Crippen LogP contribution in [0.15, 0.2) is 24.3 Å². The molecule has 98 valence electrons. The Bertz CT molecular complexity index is 407. The molecule has 0 unspecified atom stereocenters. The van der Waals surface area contributed by atoms with E-state index in [0.29, 0.717) is 13.2 Å². The average Bonchev–Trinajstić information content (AvgIpc) is 2.35. The highest BCUT2D eigenvalue weighted by Crippen LogP contribution is 2.12. The molecule has 0 aliphatic carbocycles. The average molecular weight is 248 g/mol. The van der Waals surface area contributed by atoms with E-state index in [9.17, 15) is 4.79 Å². The maximum Gasteiger partial charge on any atom is 0.234 e. The summed E-state index contributed by atoms with van der Waals surface area (Å²) in [6.07, 6.45) is 0.946. The molecular formula is C14H20N2O2. The summed E-state index contributed by atoms with van der Waals surface area (Å²) >= 11 is 0. The first-order chi connectivity index (χ1) is 8.74. The fraction of sp³-hybridized carbons (Fsp3) is 0.500. The smallest absolute Gasteiger partial charge is 0.234 e. The van der Waals surface area contributed by atoms with Gasteiger partial charge >= 0.3 is 0 Å². The first kappa shape index (κ1) is 12.9. The van der Waals surface area contributed by atoms with Gasteiger partial charge in [-0.15, -0.1) is 0 Å². The zero-order chi connectivity index (χ0) is 12.8. The summed E-state index contributed by atoms with van der Waals surface area (Å²) < 4.78 is 5.68. The van der Waals surface area contributed by atoms with Crippen molar-refractivity contribution in [3.63, 3.8) is 0 Å². The number of aryl methyl sites for hydroxylation is 1. The second-order valence-electron chi connectivity index (χ2n) is 4.64. The second kappa shape index (κ2) is 6.40. The molecule has 1 saturated heterocycles. The Morgan fingerprint density at radius 2 is 2.33 bits per heavy atom. The minimum absolute atomic E-state index is 0.126. The van der Waals surface area contributed by atoms with E-state index in [1.807, 2.05) is 18.2 Å². The minimum Gasteiger partial charge on any atom is -0.494 e. The minimum atomic E-state index is 0.126. The third kappa shape index (κ3) is 4.04. The number of piperazine rings is 1. The summed E-state index contributed by atoms with van der Waals surface area (Å²) in [5, 5.41) is 2.82. The van der Waals surface area contributed by atoms with Crippen molar-refractivity contribution in [2.45, 2.75) is 13.3 Å². The van der Waals surface area contributed by atoms with E-state index >= 15 is 0 Å². The maximum atomic E-state index is 11.2. The van der Waals surface area contributed by atoms with Gasteiger partial charge in [-0.3, -0.25) is 9.69 Å². The molecule has 1 aromatic rings. The lowest BCUT2D eigenvalue weighted by atomic mass is 10.2. The first-order valence-electron chi connectivity index (χ1n) is 6.42. The molecule has 0 aromatic heterocycles. The van der Waals surface area contributed by atoms with Crippen molar-refractivity contribution in [3.05, 3.63) is 29.8 Å². The molecule has 4 nitrogen and oxygen atoms in total. The molecule has 1 heterocycles. The second-order valence-corrected chi connectivity index (χ2v) is 4.64. The number of ether oxygens (including phenoxy) is 1. The Kier molecular flexibility index (Phi) is 4.59. The van der Waals surface area contributed by atoms with Gasteiger partial charge in [-0.1, -0.05) is 12.1 Å². The fourth-order valence-corrected chi connectivity index (χ4v) is 2.07. The molecule has 1 aliphatic rings. The summed E-state index contributed by atoms with van der Waals surface area (Å²) in [7, 11) is 0. The van der Waals surface area contributed by atoms with E-state index in [-0.39, 0.29) is 5.91 Å². The number of rotatable bonds is 5. The van der Waals surface area contributed by atoms with Crippen LogP contribution in [0.5, 0.6) is 5.75 Å². The van der Waals surface area contributed by atoms with Crippen molar-refractivity contribution in [2.24, 2.45) is 0 Å². The lowest BCUT2D eigenvalue weighted by Crippen LogP contribution is -2.47. The number of carbonyl (C=O) groups is 1. The van der Waals surface area contributed by atoms with Crippen LogP contribution in [0.1, 0.15) is 12.0 Å². The molecule has 1 aliphatic heterocycles. The van der Waals surface area contributed by atoms with Gasteiger partial charge in [0, 0.05) is 19.6 Å². The van der Waals surface area contributed by atoms with E-state index in [2.05, 4.69) is 23.2 Å². The van der Waals surface area contributed by atoms with Crippen LogP contribution in [0.2, 0.25) is 0 Å². The van der Waals surface area contributed by atoms with Gasteiger partial charge < -0.3 is 10.1 Å². The number of amides is 1. The topological polar surface area (TPSA) is 41.6 Å². The lowest BCUT2D eigenvalue weighted by molar-refractivity contribution is -0.124. The molecule has 1 N–H and O–H groups in total. The highest BCUT2D eigenvalue weighted by Gasteiger charge is 2.14. The van der Waals surface area contributed by atoms with E-state index in [1.165, 1.54) is 5.56 Å². The molecule has 1 aromatic carbocycles. The van der Waals surface area contributed by atoms with Gasteiger partial charge in [0.1, 0.15) is 5.75 Å². The summed E-state index contributed by atoms with van der Waals surface area (Å²) in [4.78, 5) is 13.3. The van der Waals surface area contributed by atoms with Gasteiger partial charge in [0.2, 0.25) is 5.91 Å². The van der Waals surface area contributed by atoms with Gasteiger partial charge in [-0.25, -0.2) is 0 Å². The Balaban J connectivity index is 1.65. The third-order valence-corrected chi connectivity index (χ3v) is 2.99. The Labute approximate surface area is 108 Å². The van der Waals surface area contributed by atoms with Crippen molar-refractivity contribution >= 4 is 5.91 Å². The quantitative estimate of drug-likeness (QED) is 0.796. The largest absolute Gasteiger partial charge is 0.494 e. The monoisotopic (exact) mass is 248 g/mol. The molecule has 0 radical (unpaired) electrons. The first-order valence-corrected chi connectivity index (χ1v) is 6.42. The molecule has 2 rings (SSSR count). The molecule has 0 bridgehead atoms. The number of hydrogen-bond acceptors (Lipinski definition) is 3. The molecule has 1 fully saturated rings. The van der Waals surface area contributed by atoms with Gasteiger partial charge in [0.25, 0.3) is 0 Å². The van der Waals surface area contributed by atoms with Crippen LogP contribution in [0, 0.1) is 6.92 Å². The number of nitrogens with one attached hydrogen (secondary N) is 1. The van der Waals surface area contributed by atoms with Crippen LogP contribution in [-0.2, 0) is 4.79 Å². The van der Waals surface area contributed by atoms with Gasteiger partial charge in [0.05, 0.1) is 13.2 Å². The van der Waals surface area contributed by atoms with Crippen molar-refractivity contribution < 1.29 is 9.53 Å². The van der Waals surface area contributed by atoms with Crippen LogP contribution in [-0.4, -0.2) is 43.6 Å². The highest BCUT2D eigenvalue weighted by molar-refractivity contribution is 5.78. The van der Waals surface area contributed by atoms with Crippen LogP contribution in [0.3, 0.4) is 0 Å². The maximum absolute atomic E-state index is 11.2. The molecule has 0 saturated carbocycles. The highest BCUT2D eigenvalue weighted by atomic mass is 16.5. The Morgan fingerprint density at radius 1 is 1.44 bits per heavy atom. The van der Waals surface area contributed by atoms with Crippen LogP contribution in [0.25, 0.3) is 0 Å². The van der Waals surface area contributed by atoms with Crippen molar-refractivity contribution in [1.29, 1.82) is 0 Å². The predicted molar refractivity (Wildman–Crippen MR) is 70.7 cm³/mol.